The highest BCUT2D eigenvalue weighted by Gasteiger charge is 2.39. The average Bonchev–Trinajstić information content (AvgIpc) is 2.80. The van der Waals surface area contributed by atoms with Gasteiger partial charge in [-0.1, -0.05) is 6.07 Å². The van der Waals surface area contributed by atoms with Gasteiger partial charge in [0.15, 0.2) is 11.5 Å². The molecular weight excluding hydrogens is 248 g/mol. The van der Waals surface area contributed by atoms with Crippen LogP contribution in [-0.2, 0) is 14.3 Å². The van der Waals surface area contributed by atoms with Crippen molar-refractivity contribution in [3.63, 3.8) is 0 Å². The van der Waals surface area contributed by atoms with Crippen LogP contribution in [0.2, 0.25) is 0 Å². The summed E-state index contributed by atoms with van der Waals surface area (Å²) in [5.41, 5.74) is 0.740. The summed E-state index contributed by atoms with van der Waals surface area (Å²) in [6.07, 6.45) is -0.404. The molecular formula is C14H16O5. The zero-order chi connectivity index (χ0) is 14.0. The summed E-state index contributed by atoms with van der Waals surface area (Å²) in [7, 11) is 3.08. The minimum absolute atomic E-state index is 0.0503. The standard InChI is InChI=1S/C14H16O5/c1-8(15)10-7-13(16)19-14(10)9-4-5-11(17-2)12(6-9)18-3/h4-6,10,14H,7H2,1-3H3/t10-,14-/m1/s1. The van der Waals surface area contributed by atoms with E-state index in [0.29, 0.717) is 11.5 Å². The van der Waals surface area contributed by atoms with Crippen molar-refractivity contribution in [1.82, 2.24) is 0 Å². The SMILES string of the molecule is COc1ccc([C@H]2OC(=O)C[C@@H]2C(C)=O)cc1OC. The Kier molecular flexibility index (Phi) is 3.74. The minimum atomic E-state index is -0.537. The van der Waals surface area contributed by atoms with Gasteiger partial charge in [0.25, 0.3) is 0 Å². The largest absolute Gasteiger partial charge is 0.493 e. The van der Waals surface area contributed by atoms with E-state index in [0.717, 1.165) is 5.56 Å². The highest BCUT2D eigenvalue weighted by atomic mass is 16.6. The molecule has 5 heteroatoms. The maximum Gasteiger partial charge on any atom is 0.307 e. The summed E-state index contributed by atoms with van der Waals surface area (Å²) in [5, 5.41) is 0. The number of carbonyl (C=O) groups is 2. The van der Waals surface area contributed by atoms with E-state index in [2.05, 4.69) is 0 Å². The molecule has 1 fully saturated rings. The van der Waals surface area contributed by atoms with Crippen LogP contribution in [0.3, 0.4) is 0 Å². The molecule has 1 aromatic carbocycles. The van der Waals surface area contributed by atoms with Crippen molar-refractivity contribution in [2.45, 2.75) is 19.4 Å². The van der Waals surface area contributed by atoms with E-state index in [9.17, 15) is 9.59 Å². The lowest BCUT2D eigenvalue weighted by Crippen LogP contribution is -2.15. The zero-order valence-corrected chi connectivity index (χ0v) is 11.1. The summed E-state index contributed by atoms with van der Waals surface area (Å²) in [4.78, 5) is 23.0. The predicted octanol–water partition coefficient (Wildman–Crippen LogP) is 1.90. The van der Waals surface area contributed by atoms with Crippen LogP contribution in [0.15, 0.2) is 18.2 Å². The highest BCUT2D eigenvalue weighted by molar-refractivity contribution is 5.87. The maximum absolute atomic E-state index is 11.6. The third-order valence-electron chi connectivity index (χ3n) is 3.27. The van der Waals surface area contributed by atoms with Crippen molar-refractivity contribution in [3.8, 4) is 11.5 Å². The molecule has 19 heavy (non-hydrogen) atoms. The van der Waals surface area contributed by atoms with Crippen LogP contribution >= 0.6 is 0 Å². The number of Topliss-reactive ketones (excluding diaryl/α,β-unsaturated/α-hetero) is 1. The molecule has 0 saturated carbocycles. The van der Waals surface area contributed by atoms with Crippen molar-refractivity contribution in [3.05, 3.63) is 23.8 Å². The van der Waals surface area contributed by atoms with Crippen LogP contribution in [-0.4, -0.2) is 26.0 Å². The van der Waals surface area contributed by atoms with Gasteiger partial charge in [0.2, 0.25) is 0 Å². The topological polar surface area (TPSA) is 61.8 Å². The number of rotatable bonds is 4. The second-order valence-electron chi connectivity index (χ2n) is 4.45. The molecule has 0 aliphatic carbocycles. The molecule has 1 heterocycles. The van der Waals surface area contributed by atoms with E-state index in [1.807, 2.05) is 0 Å². The van der Waals surface area contributed by atoms with Crippen molar-refractivity contribution in [1.29, 1.82) is 0 Å². The maximum atomic E-state index is 11.6. The van der Waals surface area contributed by atoms with Crippen LogP contribution < -0.4 is 9.47 Å². The smallest absolute Gasteiger partial charge is 0.307 e. The Bertz CT molecular complexity index is 509. The lowest BCUT2D eigenvalue weighted by Gasteiger charge is -2.17. The Morgan fingerprint density at radius 1 is 1.26 bits per heavy atom. The third-order valence-corrected chi connectivity index (χ3v) is 3.27. The molecule has 0 amide bonds. The van der Waals surface area contributed by atoms with E-state index in [4.69, 9.17) is 14.2 Å². The first-order valence-electron chi connectivity index (χ1n) is 5.98. The number of ketones is 1. The van der Waals surface area contributed by atoms with E-state index in [1.165, 1.54) is 14.0 Å². The zero-order valence-electron chi connectivity index (χ0n) is 11.1. The van der Waals surface area contributed by atoms with E-state index < -0.39 is 12.0 Å². The van der Waals surface area contributed by atoms with Gasteiger partial charge in [-0.2, -0.15) is 0 Å². The van der Waals surface area contributed by atoms with Crippen molar-refractivity contribution in [2.24, 2.45) is 5.92 Å². The molecule has 2 atom stereocenters. The van der Waals surface area contributed by atoms with Gasteiger partial charge in [0.05, 0.1) is 26.6 Å². The number of hydrogen-bond acceptors (Lipinski definition) is 5. The quantitative estimate of drug-likeness (QED) is 0.777. The van der Waals surface area contributed by atoms with E-state index in [-0.39, 0.29) is 18.2 Å². The summed E-state index contributed by atoms with van der Waals surface area (Å²) < 4.78 is 15.6. The Morgan fingerprint density at radius 3 is 2.53 bits per heavy atom. The fourth-order valence-electron chi connectivity index (χ4n) is 2.25. The van der Waals surface area contributed by atoms with Gasteiger partial charge >= 0.3 is 5.97 Å². The second-order valence-corrected chi connectivity index (χ2v) is 4.45. The molecule has 1 aliphatic heterocycles. The summed E-state index contributed by atoms with van der Waals surface area (Å²) >= 11 is 0. The monoisotopic (exact) mass is 264 g/mol. The van der Waals surface area contributed by atoms with E-state index >= 15 is 0 Å². The number of hydrogen-bond donors (Lipinski definition) is 0. The molecule has 2 rings (SSSR count). The first-order valence-corrected chi connectivity index (χ1v) is 5.98. The fourth-order valence-corrected chi connectivity index (χ4v) is 2.25. The number of benzene rings is 1. The molecule has 1 aromatic rings. The van der Waals surface area contributed by atoms with Crippen molar-refractivity contribution in [2.75, 3.05) is 14.2 Å². The molecule has 5 nitrogen and oxygen atoms in total. The Balaban J connectivity index is 2.35. The van der Waals surface area contributed by atoms with Gasteiger partial charge in [0.1, 0.15) is 11.9 Å². The highest BCUT2D eigenvalue weighted by Crippen LogP contribution is 2.39. The lowest BCUT2D eigenvalue weighted by molar-refractivity contribution is -0.141. The first-order chi connectivity index (χ1) is 9.06. The summed E-state index contributed by atoms with van der Waals surface area (Å²) in [6, 6.07) is 5.25. The predicted molar refractivity (Wildman–Crippen MR) is 67.2 cm³/mol. The molecule has 0 spiro atoms. The number of cyclic esters (lactones) is 1. The van der Waals surface area contributed by atoms with Gasteiger partial charge in [-0.25, -0.2) is 0 Å². The Hall–Kier alpha value is -2.04. The Labute approximate surface area is 111 Å². The average molecular weight is 264 g/mol. The molecule has 0 radical (unpaired) electrons. The molecule has 1 saturated heterocycles. The third kappa shape index (κ3) is 2.54. The van der Waals surface area contributed by atoms with Crippen molar-refractivity contribution >= 4 is 11.8 Å². The van der Waals surface area contributed by atoms with Crippen LogP contribution in [0.25, 0.3) is 0 Å². The van der Waals surface area contributed by atoms with E-state index in [1.54, 1.807) is 25.3 Å². The number of methoxy groups -OCH3 is 2. The molecule has 0 N–H and O–H groups in total. The molecule has 0 aromatic heterocycles. The summed E-state index contributed by atoms with van der Waals surface area (Å²) in [5.74, 6) is 0.316. The molecule has 0 unspecified atom stereocenters. The van der Waals surface area contributed by atoms with Gasteiger partial charge in [-0.3, -0.25) is 9.59 Å². The molecule has 1 aliphatic rings. The van der Waals surface area contributed by atoms with Crippen LogP contribution in [0.1, 0.15) is 25.0 Å². The second kappa shape index (κ2) is 5.30. The van der Waals surface area contributed by atoms with Crippen LogP contribution in [0, 0.1) is 5.92 Å². The normalized spacial score (nSPS) is 21.9. The van der Waals surface area contributed by atoms with Gasteiger partial charge in [-0.05, 0) is 24.6 Å². The molecule has 102 valence electrons. The summed E-state index contributed by atoms with van der Waals surface area (Å²) in [6.45, 7) is 1.47. The van der Waals surface area contributed by atoms with Crippen LogP contribution in [0.4, 0.5) is 0 Å². The Morgan fingerprint density at radius 2 is 1.95 bits per heavy atom. The van der Waals surface area contributed by atoms with Gasteiger partial charge in [0, 0.05) is 0 Å². The number of ether oxygens (including phenoxy) is 3. The number of esters is 1. The number of carbonyl (C=O) groups excluding carboxylic acids is 2. The fraction of sp³-hybridized carbons (Fsp3) is 0.429. The lowest BCUT2D eigenvalue weighted by atomic mass is 9.92. The molecule has 0 bridgehead atoms. The van der Waals surface area contributed by atoms with Crippen LogP contribution in [0.5, 0.6) is 11.5 Å². The minimum Gasteiger partial charge on any atom is -0.493 e. The van der Waals surface area contributed by atoms with Crippen molar-refractivity contribution < 1.29 is 23.8 Å². The van der Waals surface area contributed by atoms with Gasteiger partial charge in [-0.15, -0.1) is 0 Å². The first kappa shape index (κ1) is 13.4. The van der Waals surface area contributed by atoms with Gasteiger partial charge < -0.3 is 14.2 Å².